The predicted molar refractivity (Wildman–Crippen MR) is 148 cm³/mol. The van der Waals surface area contributed by atoms with Crippen molar-refractivity contribution < 1.29 is 19.5 Å². The molecule has 0 saturated heterocycles. The second-order valence-electron chi connectivity index (χ2n) is 7.86. The zero-order valence-corrected chi connectivity index (χ0v) is 23.1. The van der Waals surface area contributed by atoms with Crippen LogP contribution in [0.3, 0.4) is 0 Å². The number of carboxylic acids is 1. The summed E-state index contributed by atoms with van der Waals surface area (Å²) in [4.78, 5) is 38.0. The minimum absolute atomic E-state index is 0.142. The molecule has 188 valence electrons. The van der Waals surface area contributed by atoms with E-state index in [0.29, 0.717) is 5.69 Å². The van der Waals surface area contributed by atoms with Gasteiger partial charge in [-0.05, 0) is 56.7 Å². The monoisotopic (exact) mass is 584 g/mol. The predicted octanol–water partition coefficient (Wildman–Crippen LogP) is 7.99. The van der Waals surface area contributed by atoms with Crippen LogP contribution in [-0.4, -0.2) is 28.1 Å². The first kappa shape index (κ1) is 28.2. The Balaban J connectivity index is 1.72. The Labute approximate surface area is 232 Å². The molecule has 0 aliphatic rings. The second-order valence-corrected chi connectivity index (χ2v) is 10.8. The number of carbonyl (C=O) groups is 3. The Bertz CT molecular complexity index is 1360. The minimum Gasteiger partial charge on any atom is -0.478 e. The first-order chi connectivity index (χ1) is 16.9. The molecule has 3 rings (SSSR count). The molecule has 1 unspecified atom stereocenters. The van der Waals surface area contributed by atoms with Gasteiger partial charge in [0, 0.05) is 16.3 Å². The maximum absolute atomic E-state index is 12.9. The van der Waals surface area contributed by atoms with Crippen LogP contribution in [0.5, 0.6) is 0 Å². The van der Waals surface area contributed by atoms with Crippen molar-refractivity contribution in [3.8, 4) is 0 Å². The van der Waals surface area contributed by atoms with E-state index < -0.39 is 23.0 Å². The smallest absolute Gasteiger partial charge is 0.338 e. The number of carboxylic acid groups (broad SMARTS) is 1. The van der Waals surface area contributed by atoms with Gasteiger partial charge in [0.2, 0.25) is 5.91 Å². The molecule has 2 amide bonds. The number of hydrogen-bond acceptors (Lipinski definition) is 4. The Kier molecular flexibility index (Phi) is 9.19. The zero-order valence-electron chi connectivity index (χ0n) is 19.2. The lowest BCUT2D eigenvalue weighted by atomic mass is 10.1. The van der Waals surface area contributed by atoms with E-state index in [0.717, 1.165) is 21.7 Å². The van der Waals surface area contributed by atoms with Gasteiger partial charge in [0.25, 0.3) is 5.91 Å². The molecule has 0 bridgehead atoms. The van der Waals surface area contributed by atoms with Gasteiger partial charge in [-0.15, -0.1) is 11.8 Å². The summed E-state index contributed by atoms with van der Waals surface area (Å²) in [5.74, 6) is -2.44. The minimum atomic E-state index is -1.48. The summed E-state index contributed by atoms with van der Waals surface area (Å²) in [6, 6.07) is 12.5. The van der Waals surface area contributed by atoms with Gasteiger partial charge in [-0.2, -0.15) is 0 Å². The van der Waals surface area contributed by atoms with E-state index in [4.69, 9.17) is 46.4 Å². The van der Waals surface area contributed by atoms with Crippen LogP contribution in [0.25, 0.3) is 0 Å². The number of carbonyl (C=O) groups excluding carboxylic acids is 2. The van der Waals surface area contributed by atoms with E-state index in [9.17, 15) is 19.5 Å². The topological polar surface area (TPSA) is 95.5 Å². The average Bonchev–Trinajstić information content (AvgIpc) is 2.82. The Morgan fingerprint density at radius 2 is 1.42 bits per heavy atom. The van der Waals surface area contributed by atoms with Gasteiger partial charge in [-0.25, -0.2) is 4.79 Å². The second kappa shape index (κ2) is 11.8. The lowest BCUT2D eigenvalue weighted by Crippen LogP contribution is -2.22. The summed E-state index contributed by atoms with van der Waals surface area (Å²) in [7, 11) is 0. The normalized spacial score (nSPS) is 11.6. The van der Waals surface area contributed by atoms with E-state index in [-0.39, 0.29) is 31.2 Å². The molecule has 36 heavy (non-hydrogen) atoms. The molecular formula is C25H20Cl4N2O4S. The quantitative estimate of drug-likeness (QED) is 0.148. The molecule has 0 aromatic heterocycles. The van der Waals surface area contributed by atoms with Crippen LogP contribution in [0.1, 0.15) is 38.8 Å². The lowest BCUT2D eigenvalue weighted by Gasteiger charge is -2.15. The highest BCUT2D eigenvalue weighted by molar-refractivity contribution is 8.00. The van der Waals surface area contributed by atoms with E-state index in [1.807, 2.05) is 32.0 Å². The third-order valence-electron chi connectivity index (χ3n) is 5.14. The number of halogens is 4. The summed E-state index contributed by atoms with van der Waals surface area (Å²) in [5, 5.41) is 13.5. The van der Waals surface area contributed by atoms with Crippen molar-refractivity contribution in [2.45, 2.75) is 30.9 Å². The number of nitrogens with one attached hydrogen (secondary N) is 2. The van der Waals surface area contributed by atoms with Crippen molar-refractivity contribution in [2.75, 3.05) is 10.6 Å². The van der Waals surface area contributed by atoms with E-state index in [2.05, 4.69) is 10.6 Å². The molecule has 3 aromatic rings. The van der Waals surface area contributed by atoms with Gasteiger partial charge in [0.15, 0.2) is 0 Å². The van der Waals surface area contributed by atoms with E-state index in [1.54, 1.807) is 31.2 Å². The molecule has 11 heteroatoms. The van der Waals surface area contributed by atoms with Crippen molar-refractivity contribution in [3.05, 3.63) is 84.8 Å². The number of amides is 2. The SMILES string of the molecule is Cc1ccc(NC(=O)C(C)Sc2ccc(NC(=O)c3c(Cl)c(Cl)c(Cl)c(Cl)c3C(=O)O)cc2)c(C)c1. The van der Waals surface area contributed by atoms with Crippen LogP contribution in [0.4, 0.5) is 11.4 Å². The highest BCUT2D eigenvalue weighted by Gasteiger charge is 2.29. The molecule has 6 nitrogen and oxygen atoms in total. The molecule has 1 atom stereocenters. The van der Waals surface area contributed by atoms with Crippen molar-refractivity contribution >= 4 is 87.3 Å². The van der Waals surface area contributed by atoms with E-state index >= 15 is 0 Å². The summed E-state index contributed by atoms with van der Waals surface area (Å²) >= 11 is 25.4. The summed E-state index contributed by atoms with van der Waals surface area (Å²) in [6.45, 7) is 5.72. The fourth-order valence-corrected chi connectivity index (χ4v) is 5.19. The van der Waals surface area contributed by atoms with Gasteiger partial charge >= 0.3 is 5.97 Å². The molecule has 0 heterocycles. The van der Waals surface area contributed by atoms with Crippen molar-refractivity contribution in [2.24, 2.45) is 0 Å². The third-order valence-corrected chi connectivity index (χ3v) is 8.06. The van der Waals surface area contributed by atoms with Gasteiger partial charge in [-0.1, -0.05) is 64.1 Å². The Hall–Kier alpha value is -2.42. The maximum atomic E-state index is 12.9. The molecule has 0 aliphatic carbocycles. The highest BCUT2D eigenvalue weighted by atomic mass is 35.5. The summed E-state index contributed by atoms with van der Waals surface area (Å²) in [6.07, 6.45) is 0. The van der Waals surface area contributed by atoms with Crippen molar-refractivity contribution in [1.29, 1.82) is 0 Å². The first-order valence-electron chi connectivity index (χ1n) is 10.5. The molecule has 0 spiro atoms. The molecule has 0 saturated carbocycles. The number of hydrogen-bond donors (Lipinski definition) is 3. The first-order valence-corrected chi connectivity index (χ1v) is 12.8. The largest absolute Gasteiger partial charge is 0.478 e. The summed E-state index contributed by atoms with van der Waals surface area (Å²) < 4.78 is 0. The standard InChI is InChI=1S/C25H20Cl4N2O4S/c1-11-4-9-16(12(2)10-11)31-23(32)13(3)36-15-7-5-14(6-8-15)30-24(33)17-18(25(34)35)20(27)22(29)21(28)19(17)26/h4-10,13H,1-3H3,(H,30,33)(H,31,32)(H,34,35). The number of thioether (sulfide) groups is 1. The zero-order chi connectivity index (χ0) is 26.7. The van der Waals surface area contributed by atoms with Gasteiger partial charge < -0.3 is 15.7 Å². The lowest BCUT2D eigenvalue weighted by molar-refractivity contribution is -0.115. The number of benzene rings is 3. The van der Waals surface area contributed by atoms with Crippen LogP contribution < -0.4 is 10.6 Å². The molecule has 3 aromatic carbocycles. The Morgan fingerprint density at radius 1 is 0.833 bits per heavy atom. The number of anilines is 2. The van der Waals surface area contributed by atoms with Gasteiger partial charge in [0.05, 0.1) is 36.5 Å². The van der Waals surface area contributed by atoms with Gasteiger partial charge in [-0.3, -0.25) is 9.59 Å². The maximum Gasteiger partial charge on any atom is 0.338 e. The van der Waals surface area contributed by atoms with E-state index in [1.165, 1.54) is 11.8 Å². The van der Waals surface area contributed by atoms with Crippen LogP contribution in [0, 0.1) is 13.8 Å². The van der Waals surface area contributed by atoms with Crippen LogP contribution >= 0.6 is 58.2 Å². The average molecular weight is 586 g/mol. The van der Waals surface area contributed by atoms with Crippen molar-refractivity contribution in [3.63, 3.8) is 0 Å². The number of aromatic carboxylic acids is 1. The van der Waals surface area contributed by atoms with Crippen molar-refractivity contribution in [1.82, 2.24) is 0 Å². The molecule has 0 radical (unpaired) electrons. The van der Waals surface area contributed by atoms with Crippen LogP contribution in [-0.2, 0) is 4.79 Å². The Morgan fingerprint density at radius 3 is 1.97 bits per heavy atom. The molecule has 0 fully saturated rings. The van der Waals surface area contributed by atoms with Crippen LogP contribution in [0.2, 0.25) is 20.1 Å². The fraction of sp³-hybridized carbons (Fsp3) is 0.160. The number of aryl methyl sites for hydroxylation is 2. The van der Waals surface area contributed by atoms with Gasteiger partial charge in [0.1, 0.15) is 0 Å². The third kappa shape index (κ3) is 6.28. The fourth-order valence-electron chi connectivity index (χ4n) is 3.30. The summed E-state index contributed by atoms with van der Waals surface area (Å²) in [5.41, 5.74) is 2.27. The highest BCUT2D eigenvalue weighted by Crippen LogP contribution is 2.42. The van der Waals surface area contributed by atoms with Crippen LogP contribution in [0.15, 0.2) is 47.4 Å². The molecule has 0 aliphatic heterocycles. The molecular weight excluding hydrogens is 566 g/mol. The number of rotatable bonds is 7. The molecule has 3 N–H and O–H groups in total.